The second-order valence-electron chi connectivity index (χ2n) is 7.37. The molecule has 0 atom stereocenters. The summed E-state index contributed by atoms with van der Waals surface area (Å²) in [5, 5.41) is 3.20. The number of hydrogen-bond donors (Lipinski definition) is 2. The minimum Gasteiger partial charge on any atom is -0.397 e. The summed E-state index contributed by atoms with van der Waals surface area (Å²) in [5.74, 6) is 0.0641. The van der Waals surface area contributed by atoms with E-state index < -0.39 is 0 Å². The molecule has 6 heteroatoms. The Morgan fingerprint density at radius 2 is 1.80 bits per heavy atom. The third kappa shape index (κ3) is 5.32. The molecule has 1 aromatic heterocycles. The summed E-state index contributed by atoms with van der Waals surface area (Å²) in [6, 6.07) is 3.63. The Balaban J connectivity index is 0.00000225. The number of anilines is 1. The van der Waals surface area contributed by atoms with E-state index in [9.17, 15) is 4.79 Å². The number of nitrogen functional groups attached to an aromatic ring is 1. The van der Waals surface area contributed by atoms with Crippen molar-refractivity contribution in [3.05, 3.63) is 24.0 Å². The first-order valence-corrected chi connectivity index (χ1v) is 9.40. The largest absolute Gasteiger partial charge is 0.397 e. The lowest BCUT2D eigenvalue weighted by Crippen LogP contribution is -2.58. The van der Waals surface area contributed by atoms with Gasteiger partial charge in [0.15, 0.2) is 0 Å². The molecule has 1 amide bonds. The summed E-state index contributed by atoms with van der Waals surface area (Å²) < 4.78 is 0. The molecule has 0 spiro atoms. The number of aromatic nitrogens is 1. The molecule has 1 saturated carbocycles. The average molecular weight is 367 g/mol. The van der Waals surface area contributed by atoms with Gasteiger partial charge in [0.25, 0.3) is 0 Å². The number of amides is 1. The van der Waals surface area contributed by atoms with Crippen LogP contribution in [0.3, 0.4) is 0 Å². The second kappa shape index (κ2) is 9.39. The molecule has 5 nitrogen and oxygen atoms in total. The Labute approximate surface area is 157 Å². The number of halogens is 1. The van der Waals surface area contributed by atoms with Gasteiger partial charge in [-0.05, 0) is 50.9 Å². The van der Waals surface area contributed by atoms with Crippen LogP contribution in [0.5, 0.6) is 0 Å². The van der Waals surface area contributed by atoms with Crippen LogP contribution in [0.15, 0.2) is 18.3 Å². The maximum atomic E-state index is 12.4. The molecule has 3 rings (SSSR count). The lowest BCUT2D eigenvalue weighted by Gasteiger charge is -2.48. The monoisotopic (exact) mass is 366 g/mol. The van der Waals surface area contributed by atoms with E-state index >= 15 is 0 Å². The smallest absolute Gasteiger partial charge is 0.226 e. The number of likely N-dealkylation sites (tertiary alicyclic amines) is 1. The van der Waals surface area contributed by atoms with Crippen LogP contribution in [0.4, 0.5) is 5.69 Å². The number of nitrogens with zero attached hydrogens (tertiary/aromatic N) is 2. The quantitative estimate of drug-likeness (QED) is 0.840. The van der Waals surface area contributed by atoms with Crippen molar-refractivity contribution in [2.45, 2.75) is 63.3 Å². The minimum absolute atomic E-state index is 0. The Morgan fingerprint density at radius 1 is 1.12 bits per heavy atom. The highest BCUT2D eigenvalue weighted by Gasteiger charge is 2.38. The van der Waals surface area contributed by atoms with Crippen molar-refractivity contribution in [3.63, 3.8) is 0 Å². The van der Waals surface area contributed by atoms with Crippen molar-refractivity contribution >= 4 is 24.0 Å². The molecule has 1 saturated heterocycles. The standard InChI is InChI=1S/C19H30N4O.ClH/c20-16-7-8-17(21-14-16)13-18(24)22-15-19(9-3-1-4-10-19)23-11-5-2-6-12-23;/h7-8,14H,1-6,9-13,15,20H2,(H,22,24);1H. The Bertz CT molecular complexity index is 537. The molecule has 0 radical (unpaired) electrons. The van der Waals surface area contributed by atoms with Gasteiger partial charge >= 0.3 is 0 Å². The summed E-state index contributed by atoms with van der Waals surface area (Å²) >= 11 is 0. The number of hydrogen-bond acceptors (Lipinski definition) is 4. The number of piperidine rings is 1. The van der Waals surface area contributed by atoms with Crippen molar-refractivity contribution in [2.75, 3.05) is 25.4 Å². The molecule has 25 heavy (non-hydrogen) atoms. The highest BCUT2D eigenvalue weighted by molar-refractivity contribution is 5.85. The average Bonchev–Trinajstić information content (AvgIpc) is 2.63. The number of nitrogens with two attached hydrogens (primary N) is 1. The van der Waals surface area contributed by atoms with Crippen LogP contribution in [-0.4, -0.2) is 41.0 Å². The molecule has 140 valence electrons. The minimum atomic E-state index is 0. The van der Waals surface area contributed by atoms with Crippen LogP contribution in [-0.2, 0) is 11.2 Å². The van der Waals surface area contributed by atoms with Crippen LogP contribution in [0.2, 0.25) is 0 Å². The molecular formula is C19H31ClN4O. The molecule has 1 aliphatic carbocycles. The van der Waals surface area contributed by atoms with E-state index in [1.54, 1.807) is 12.3 Å². The van der Waals surface area contributed by atoms with Gasteiger partial charge in [0.2, 0.25) is 5.91 Å². The number of carbonyl (C=O) groups excluding carboxylic acids is 1. The van der Waals surface area contributed by atoms with Gasteiger partial charge in [-0.15, -0.1) is 12.4 Å². The summed E-state index contributed by atoms with van der Waals surface area (Å²) in [5.41, 5.74) is 7.23. The molecular weight excluding hydrogens is 336 g/mol. The summed E-state index contributed by atoms with van der Waals surface area (Å²) in [4.78, 5) is 19.3. The fraction of sp³-hybridized carbons (Fsp3) is 0.684. The molecule has 1 aromatic rings. The molecule has 0 bridgehead atoms. The van der Waals surface area contributed by atoms with Gasteiger partial charge in [-0.1, -0.05) is 25.7 Å². The van der Waals surface area contributed by atoms with Crippen LogP contribution in [0, 0.1) is 0 Å². The van der Waals surface area contributed by atoms with E-state index in [1.807, 2.05) is 6.07 Å². The van der Waals surface area contributed by atoms with Gasteiger partial charge in [0, 0.05) is 17.8 Å². The maximum Gasteiger partial charge on any atom is 0.226 e. The van der Waals surface area contributed by atoms with Crippen molar-refractivity contribution in [1.82, 2.24) is 15.2 Å². The SMILES string of the molecule is Cl.Nc1ccc(CC(=O)NCC2(N3CCCCC3)CCCCC2)nc1. The van der Waals surface area contributed by atoms with Crippen molar-refractivity contribution in [2.24, 2.45) is 0 Å². The third-order valence-electron chi connectivity index (χ3n) is 5.62. The van der Waals surface area contributed by atoms with Gasteiger partial charge < -0.3 is 11.1 Å². The Morgan fingerprint density at radius 3 is 2.44 bits per heavy atom. The van der Waals surface area contributed by atoms with E-state index in [0.717, 1.165) is 12.2 Å². The highest BCUT2D eigenvalue weighted by atomic mass is 35.5. The van der Waals surface area contributed by atoms with Crippen molar-refractivity contribution < 1.29 is 4.79 Å². The van der Waals surface area contributed by atoms with E-state index in [2.05, 4.69) is 15.2 Å². The second-order valence-corrected chi connectivity index (χ2v) is 7.37. The zero-order valence-electron chi connectivity index (χ0n) is 15.0. The lowest BCUT2D eigenvalue weighted by atomic mass is 9.79. The van der Waals surface area contributed by atoms with Crippen molar-refractivity contribution in [3.8, 4) is 0 Å². The van der Waals surface area contributed by atoms with Crippen LogP contribution in [0.1, 0.15) is 57.1 Å². The molecule has 3 N–H and O–H groups in total. The van der Waals surface area contributed by atoms with Crippen molar-refractivity contribution in [1.29, 1.82) is 0 Å². The summed E-state index contributed by atoms with van der Waals surface area (Å²) in [6.07, 6.45) is 12.2. The Hall–Kier alpha value is -1.33. The van der Waals surface area contributed by atoms with E-state index in [0.29, 0.717) is 12.1 Å². The van der Waals surface area contributed by atoms with Gasteiger partial charge in [-0.25, -0.2) is 0 Å². The van der Waals surface area contributed by atoms with Gasteiger partial charge in [-0.3, -0.25) is 14.7 Å². The first-order valence-electron chi connectivity index (χ1n) is 9.40. The maximum absolute atomic E-state index is 12.4. The fourth-order valence-electron chi connectivity index (χ4n) is 4.21. The zero-order valence-corrected chi connectivity index (χ0v) is 15.8. The van der Waals surface area contributed by atoms with Crippen LogP contribution < -0.4 is 11.1 Å². The summed E-state index contributed by atoms with van der Waals surface area (Å²) in [7, 11) is 0. The molecule has 2 fully saturated rings. The van der Waals surface area contributed by atoms with E-state index in [-0.39, 0.29) is 23.9 Å². The normalized spacial score (nSPS) is 20.5. The Kier molecular flexibility index (Phi) is 7.51. The summed E-state index contributed by atoms with van der Waals surface area (Å²) in [6.45, 7) is 3.16. The molecule has 2 aliphatic rings. The molecule has 0 aromatic carbocycles. The number of carbonyl (C=O) groups is 1. The van der Waals surface area contributed by atoms with E-state index in [4.69, 9.17) is 5.73 Å². The fourth-order valence-corrected chi connectivity index (χ4v) is 4.21. The molecule has 0 unspecified atom stereocenters. The first kappa shape index (κ1) is 20.0. The number of nitrogens with one attached hydrogen (secondary N) is 1. The third-order valence-corrected chi connectivity index (χ3v) is 5.62. The van der Waals surface area contributed by atoms with Gasteiger partial charge in [0.1, 0.15) is 0 Å². The van der Waals surface area contributed by atoms with Crippen LogP contribution in [0.25, 0.3) is 0 Å². The molecule has 2 heterocycles. The number of rotatable bonds is 5. The number of pyridine rings is 1. The van der Waals surface area contributed by atoms with E-state index in [1.165, 1.54) is 64.5 Å². The van der Waals surface area contributed by atoms with Gasteiger partial charge in [0.05, 0.1) is 18.3 Å². The first-order chi connectivity index (χ1) is 11.7. The highest BCUT2D eigenvalue weighted by Crippen LogP contribution is 2.35. The molecule has 1 aliphatic heterocycles. The topological polar surface area (TPSA) is 71.2 Å². The predicted molar refractivity (Wildman–Crippen MR) is 104 cm³/mol. The predicted octanol–water partition coefficient (Wildman–Crippen LogP) is 2.93. The van der Waals surface area contributed by atoms with Gasteiger partial charge in [-0.2, -0.15) is 0 Å². The zero-order chi connectivity index (χ0) is 16.8. The van der Waals surface area contributed by atoms with Crippen LogP contribution >= 0.6 is 12.4 Å². The lowest BCUT2D eigenvalue weighted by molar-refractivity contribution is -0.121.